The van der Waals surface area contributed by atoms with Crippen molar-refractivity contribution in [2.75, 3.05) is 5.32 Å². The van der Waals surface area contributed by atoms with Crippen LogP contribution in [0.5, 0.6) is 0 Å². The summed E-state index contributed by atoms with van der Waals surface area (Å²) < 4.78 is 38.8. The van der Waals surface area contributed by atoms with Gasteiger partial charge in [-0.1, -0.05) is 42.8 Å². The van der Waals surface area contributed by atoms with E-state index in [1.54, 1.807) is 0 Å². The van der Waals surface area contributed by atoms with Crippen LogP contribution in [0.3, 0.4) is 0 Å². The van der Waals surface area contributed by atoms with Crippen LogP contribution in [0.4, 0.5) is 18.9 Å². The van der Waals surface area contributed by atoms with Gasteiger partial charge >= 0.3 is 6.18 Å². The molecule has 0 heterocycles. The maximum Gasteiger partial charge on any atom is 0.417 e. The number of anilines is 1. The molecule has 0 unspecified atom stereocenters. The summed E-state index contributed by atoms with van der Waals surface area (Å²) >= 11 is 10.9. The minimum atomic E-state index is -4.52. The van der Waals surface area contributed by atoms with E-state index in [1.807, 2.05) is 38.1 Å². The van der Waals surface area contributed by atoms with Gasteiger partial charge in [-0.15, -0.1) is 0 Å². The van der Waals surface area contributed by atoms with Crippen LogP contribution in [0.15, 0.2) is 42.5 Å². The smallest absolute Gasteiger partial charge is 0.356 e. The zero-order chi connectivity index (χ0) is 18.6. The quantitative estimate of drug-likeness (QED) is 0.620. The lowest BCUT2D eigenvalue weighted by molar-refractivity contribution is -0.137. The number of aryl methyl sites for hydroxylation is 1. The highest BCUT2D eigenvalue weighted by Crippen LogP contribution is 2.36. The lowest BCUT2D eigenvalue weighted by atomic mass is 10.00. The molecule has 0 aromatic heterocycles. The Kier molecular flexibility index (Phi) is 6.30. The van der Waals surface area contributed by atoms with Gasteiger partial charge < -0.3 is 10.6 Å². The molecule has 0 saturated carbocycles. The highest BCUT2D eigenvalue weighted by atomic mass is 35.5. The fourth-order valence-corrected chi connectivity index (χ4v) is 3.01. The molecule has 0 bridgehead atoms. The minimum absolute atomic E-state index is 0.0319. The second-order valence-electron chi connectivity index (χ2n) is 5.61. The van der Waals surface area contributed by atoms with Crippen LogP contribution in [0, 0.1) is 6.92 Å². The molecule has 7 heteroatoms. The molecule has 0 radical (unpaired) electrons. The zero-order valence-corrected chi connectivity index (χ0v) is 15.3. The molecule has 0 amide bonds. The van der Waals surface area contributed by atoms with Crippen LogP contribution in [-0.2, 0) is 6.18 Å². The van der Waals surface area contributed by atoms with Crippen molar-refractivity contribution in [3.63, 3.8) is 0 Å². The molecule has 0 aliphatic heterocycles. The average Bonchev–Trinajstić information content (AvgIpc) is 2.54. The van der Waals surface area contributed by atoms with Crippen LogP contribution in [-0.4, -0.2) is 5.11 Å². The van der Waals surface area contributed by atoms with Crippen molar-refractivity contribution in [1.82, 2.24) is 5.32 Å². The topological polar surface area (TPSA) is 24.1 Å². The lowest BCUT2D eigenvalue weighted by Crippen LogP contribution is -2.32. The third-order valence-corrected chi connectivity index (χ3v) is 4.36. The molecule has 1 atom stereocenters. The molecule has 0 spiro atoms. The van der Waals surface area contributed by atoms with Crippen molar-refractivity contribution in [3.8, 4) is 0 Å². The normalized spacial score (nSPS) is 12.6. The third-order valence-electron chi connectivity index (χ3n) is 3.81. The van der Waals surface area contributed by atoms with Gasteiger partial charge in [0, 0.05) is 5.69 Å². The number of benzene rings is 2. The summed E-state index contributed by atoms with van der Waals surface area (Å²) in [5.74, 6) is 0. The Morgan fingerprint density at radius 3 is 2.48 bits per heavy atom. The number of hydrogen-bond donors (Lipinski definition) is 2. The van der Waals surface area contributed by atoms with Crippen molar-refractivity contribution in [2.24, 2.45) is 0 Å². The Labute approximate surface area is 155 Å². The Morgan fingerprint density at radius 1 is 1.20 bits per heavy atom. The molecule has 2 aromatic carbocycles. The summed E-state index contributed by atoms with van der Waals surface area (Å²) in [4.78, 5) is 0. The van der Waals surface area contributed by atoms with Crippen molar-refractivity contribution >= 4 is 34.6 Å². The van der Waals surface area contributed by atoms with Crippen LogP contribution >= 0.6 is 23.8 Å². The Balaban J connectivity index is 2.13. The van der Waals surface area contributed by atoms with Gasteiger partial charge in [0.2, 0.25) is 0 Å². The first-order valence-corrected chi connectivity index (χ1v) is 8.50. The summed E-state index contributed by atoms with van der Waals surface area (Å²) in [7, 11) is 0. The van der Waals surface area contributed by atoms with Crippen molar-refractivity contribution in [2.45, 2.75) is 32.5 Å². The molecule has 2 nitrogen and oxygen atoms in total. The molecule has 0 aliphatic carbocycles. The molecule has 2 rings (SSSR count). The first-order valence-electron chi connectivity index (χ1n) is 7.72. The first-order chi connectivity index (χ1) is 11.7. The lowest BCUT2D eigenvalue weighted by Gasteiger charge is -2.22. The van der Waals surface area contributed by atoms with Gasteiger partial charge in [0.15, 0.2) is 5.11 Å². The summed E-state index contributed by atoms with van der Waals surface area (Å²) in [5.41, 5.74) is 1.55. The highest BCUT2D eigenvalue weighted by molar-refractivity contribution is 7.80. The largest absolute Gasteiger partial charge is 0.417 e. The molecule has 0 fully saturated rings. The van der Waals surface area contributed by atoms with E-state index in [4.69, 9.17) is 23.8 Å². The van der Waals surface area contributed by atoms with E-state index < -0.39 is 11.7 Å². The number of alkyl halides is 3. The van der Waals surface area contributed by atoms with E-state index in [-0.39, 0.29) is 21.9 Å². The Bertz CT molecular complexity index is 762. The van der Waals surface area contributed by atoms with Crippen LogP contribution in [0.25, 0.3) is 0 Å². The molecule has 2 N–H and O–H groups in total. The molecule has 0 aliphatic rings. The standard InChI is InChI=1S/C18H18ClF3N2S/c1-3-16(13-7-5-4-6-11(13)2)24-17(25)23-12-8-9-15(19)14(10-12)18(20,21)22/h4-10,16H,3H2,1-2H3,(H2,23,24,25)/t16-/m0/s1. The van der Waals surface area contributed by atoms with Gasteiger partial charge in [-0.05, 0) is 54.9 Å². The second kappa shape index (κ2) is 8.06. The van der Waals surface area contributed by atoms with Gasteiger partial charge in [-0.3, -0.25) is 0 Å². The number of halogens is 4. The number of rotatable bonds is 4. The minimum Gasteiger partial charge on any atom is -0.356 e. The highest BCUT2D eigenvalue weighted by Gasteiger charge is 2.33. The monoisotopic (exact) mass is 386 g/mol. The average molecular weight is 387 g/mol. The number of thiocarbonyl (C=S) groups is 1. The van der Waals surface area contributed by atoms with Crippen molar-refractivity contribution < 1.29 is 13.2 Å². The van der Waals surface area contributed by atoms with E-state index in [2.05, 4.69) is 10.6 Å². The van der Waals surface area contributed by atoms with Crippen molar-refractivity contribution in [3.05, 3.63) is 64.2 Å². The van der Waals surface area contributed by atoms with E-state index >= 15 is 0 Å². The number of hydrogen-bond acceptors (Lipinski definition) is 1. The summed E-state index contributed by atoms with van der Waals surface area (Å²) in [5, 5.41) is 5.86. The third kappa shape index (κ3) is 5.09. The van der Waals surface area contributed by atoms with Crippen molar-refractivity contribution in [1.29, 1.82) is 0 Å². The molecular formula is C18H18ClF3N2S. The Morgan fingerprint density at radius 2 is 1.88 bits per heavy atom. The van der Waals surface area contributed by atoms with Crippen LogP contribution in [0.1, 0.15) is 36.1 Å². The number of nitrogens with one attached hydrogen (secondary N) is 2. The Hall–Kier alpha value is -1.79. The van der Waals surface area contributed by atoms with E-state index in [0.717, 1.165) is 23.6 Å². The van der Waals surface area contributed by atoms with E-state index in [0.29, 0.717) is 0 Å². The van der Waals surface area contributed by atoms with Gasteiger partial charge in [-0.2, -0.15) is 13.2 Å². The summed E-state index contributed by atoms with van der Waals surface area (Å²) in [6.07, 6.45) is -3.74. The second-order valence-corrected chi connectivity index (χ2v) is 6.42. The molecule has 134 valence electrons. The van der Waals surface area contributed by atoms with Gasteiger partial charge in [0.25, 0.3) is 0 Å². The predicted octanol–water partition coefficient (Wildman–Crippen LogP) is 6.10. The summed E-state index contributed by atoms with van der Waals surface area (Å²) in [6.45, 7) is 4.02. The maximum atomic E-state index is 12.9. The molecule has 2 aromatic rings. The molecule has 25 heavy (non-hydrogen) atoms. The molecule has 0 saturated heterocycles. The van der Waals surface area contributed by atoms with Crippen LogP contribution in [0.2, 0.25) is 5.02 Å². The van der Waals surface area contributed by atoms with E-state index in [9.17, 15) is 13.2 Å². The van der Waals surface area contributed by atoms with Gasteiger partial charge in [-0.25, -0.2) is 0 Å². The van der Waals surface area contributed by atoms with Gasteiger partial charge in [0.05, 0.1) is 16.6 Å². The first kappa shape index (κ1) is 19.5. The summed E-state index contributed by atoms with van der Waals surface area (Å²) in [6, 6.07) is 11.5. The predicted molar refractivity (Wildman–Crippen MR) is 100 cm³/mol. The molecular weight excluding hydrogens is 369 g/mol. The fraction of sp³-hybridized carbons (Fsp3) is 0.278. The fourth-order valence-electron chi connectivity index (χ4n) is 2.52. The van der Waals surface area contributed by atoms with E-state index in [1.165, 1.54) is 12.1 Å². The zero-order valence-electron chi connectivity index (χ0n) is 13.7. The van der Waals surface area contributed by atoms with Gasteiger partial charge in [0.1, 0.15) is 0 Å². The SMILES string of the molecule is CC[C@H](NC(=S)Nc1ccc(Cl)c(C(F)(F)F)c1)c1ccccc1C. The maximum absolute atomic E-state index is 12.9. The van der Waals surface area contributed by atoms with Crippen LogP contribution < -0.4 is 10.6 Å².